The number of nitrogens with zero attached hydrogens (tertiary/aromatic N) is 1. The van der Waals surface area contributed by atoms with Crippen LogP contribution in [0.2, 0.25) is 0 Å². The summed E-state index contributed by atoms with van der Waals surface area (Å²) in [6.07, 6.45) is 0. The van der Waals surface area contributed by atoms with Crippen molar-refractivity contribution in [3.05, 3.63) is 34.9 Å². The van der Waals surface area contributed by atoms with Crippen LogP contribution in [0.5, 0.6) is 5.75 Å². The van der Waals surface area contributed by atoms with Crippen molar-refractivity contribution in [2.24, 2.45) is 0 Å². The molecule has 1 heterocycles. The summed E-state index contributed by atoms with van der Waals surface area (Å²) in [5.41, 5.74) is 1.89. The fraction of sp³-hybridized carbons (Fsp3) is 0.182. The Bertz CT molecular complexity index is 436. The van der Waals surface area contributed by atoms with Crippen LogP contribution in [0.4, 0.5) is 0 Å². The molecular formula is C11H11NO2Se. The van der Waals surface area contributed by atoms with Crippen molar-refractivity contribution < 1.29 is 9.84 Å². The quantitative estimate of drug-likeness (QED) is 0.853. The molecule has 1 aromatic carbocycles. The van der Waals surface area contributed by atoms with E-state index in [9.17, 15) is 0 Å². The van der Waals surface area contributed by atoms with E-state index in [0.717, 1.165) is 21.6 Å². The number of rotatable bonds is 3. The first-order valence-electron chi connectivity index (χ1n) is 4.53. The molecule has 0 aliphatic carbocycles. The van der Waals surface area contributed by atoms with E-state index in [4.69, 9.17) is 9.84 Å². The van der Waals surface area contributed by atoms with Crippen molar-refractivity contribution in [2.45, 2.75) is 6.61 Å². The molecule has 0 saturated heterocycles. The van der Waals surface area contributed by atoms with Crippen molar-refractivity contribution >= 4 is 14.5 Å². The number of aliphatic hydroxyl groups excluding tert-OH is 1. The van der Waals surface area contributed by atoms with Gasteiger partial charge in [-0.2, -0.15) is 0 Å². The van der Waals surface area contributed by atoms with Gasteiger partial charge >= 0.3 is 93.8 Å². The summed E-state index contributed by atoms with van der Waals surface area (Å²) >= 11 is 0.243. The van der Waals surface area contributed by atoms with E-state index < -0.39 is 0 Å². The van der Waals surface area contributed by atoms with Gasteiger partial charge in [0.1, 0.15) is 0 Å². The normalized spacial score (nSPS) is 10.3. The zero-order chi connectivity index (χ0) is 10.7. The molecule has 78 valence electrons. The number of benzene rings is 1. The van der Waals surface area contributed by atoms with Gasteiger partial charge in [0.2, 0.25) is 0 Å². The maximum atomic E-state index is 8.93. The Kier molecular flexibility index (Phi) is 3.21. The molecule has 1 aromatic heterocycles. The van der Waals surface area contributed by atoms with Gasteiger partial charge in [0.25, 0.3) is 0 Å². The van der Waals surface area contributed by atoms with Gasteiger partial charge in [0, 0.05) is 0 Å². The zero-order valence-corrected chi connectivity index (χ0v) is 10.0. The molecule has 4 heteroatoms. The van der Waals surface area contributed by atoms with E-state index in [0.29, 0.717) is 0 Å². The Morgan fingerprint density at radius 1 is 1.33 bits per heavy atom. The third kappa shape index (κ3) is 2.29. The van der Waals surface area contributed by atoms with E-state index in [1.165, 1.54) is 0 Å². The number of hydrogen-bond acceptors (Lipinski definition) is 3. The summed E-state index contributed by atoms with van der Waals surface area (Å²) in [5, 5.41) is 8.93. The van der Waals surface area contributed by atoms with Gasteiger partial charge in [-0.1, -0.05) is 0 Å². The molecule has 0 radical (unpaired) electrons. The minimum absolute atomic E-state index is 0.0292. The monoisotopic (exact) mass is 269 g/mol. The molecule has 0 aliphatic rings. The molecule has 0 unspecified atom stereocenters. The second-order valence-corrected chi connectivity index (χ2v) is 4.83. The molecule has 0 saturated carbocycles. The standard InChI is InChI=1S/C11H11NO2Se/c1-14-10-4-2-8(3-5-10)11-12-9(6-13)7-15-11/h2-5,7,13H,6H2,1H3. The van der Waals surface area contributed by atoms with Gasteiger partial charge in [-0.15, -0.1) is 0 Å². The third-order valence-electron chi connectivity index (χ3n) is 2.05. The summed E-state index contributed by atoms with van der Waals surface area (Å²) in [5.74, 6) is 0.847. The molecular weight excluding hydrogens is 257 g/mol. The molecule has 2 aromatic rings. The van der Waals surface area contributed by atoms with E-state index in [2.05, 4.69) is 4.98 Å². The van der Waals surface area contributed by atoms with Crippen LogP contribution in [-0.4, -0.2) is 31.7 Å². The maximum absolute atomic E-state index is 8.93. The van der Waals surface area contributed by atoms with Crippen molar-refractivity contribution in [1.82, 2.24) is 4.98 Å². The number of methoxy groups -OCH3 is 1. The van der Waals surface area contributed by atoms with E-state index >= 15 is 0 Å². The first kappa shape index (κ1) is 10.4. The summed E-state index contributed by atoms with van der Waals surface area (Å²) in [4.78, 5) is 6.35. The molecule has 15 heavy (non-hydrogen) atoms. The Labute approximate surface area is 94.1 Å². The van der Waals surface area contributed by atoms with Gasteiger partial charge in [-0.3, -0.25) is 0 Å². The predicted molar refractivity (Wildman–Crippen MR) is 59.1 cm³/mol. The first-order chi connectivity index (χ1) is 7.33. The Balaban J connectivity index is 2.28. The van der Waals surface area contributed by atoms with Crippen LogP contribution in [0.15, 0.2) is 29.2 Å². The first-order valence-corrected chi connectivity index (χ1v) is 6.37. The van der Waals surface area contributed by atoms with Gasteiger partial charge in [0.15, 0.2) is 0 Å². The van der Waals surface area contributed by atoms with Crippen LogP contribution in [0, 0.1) is 0 Å². The topological polar surface area (TPSA) is 42.4 Å². The van der Waals surface area contributed by atoms with Crippen LogP contribution < -0.4 is 4.74 Å². The number of aliphatic hydroxyl groups is 1. The summed E-state index contributed by atoms with van der Waals surface area (Å²) in [6, 6.07) is 7.83. The van der Waals surface area contributed by atoms with E-state index in [1.807, 2.05) is 29.2 Å². The van der Waals surface area contributed by atoms with Crippen molar-refractivity contribution in [3.63, 3.8) is 0 Å². The van der Waals surface area contributed by atoms with Crippen LogP contribution in [-0.2, 0) is 6.61 Å². The Morgan fingerprint density at radius 3 is 2.60 bits per heavy atom. The van der Waals surface area contributed by atoms with Crippen LogP contribution in [0.3, 0.4) is 0 Å². The molecule has 0 fully saturated rings. The van der Waals surface area contributed by atoms with Crippen molar-refractivity contribution in [1.29, 1.82) is 0 Å². The molecule has 0 aliphatic heterocycles. The molecule has 0 amide bonds. The minimum atomic E-state index is 0.0292. The summed E-state index contributed by atoms with van der Waals surface area (Å²) in [7, 11) is 1.65. The van der Waals surface area contributed by atoms with Gasteiger partial charge in [-0.05, 0) is 0 Å². The predicted octanol–water partition coefficient (Wildman–Crippen LogP) is 1.31. The molecule has 0 bridgehead atoms. The van der Waals surface area contributed by atoms with Crippen LogP contribution in [0.1, 0.15) is 5.69 Å². The third-order valence-corrected chi connectivity index (χ3v) is 4.02. The molecule has 1 N–H and O–H groups in total. The fourth-order valence-corrected chi connectivity index (χ4v) is 2.96. The average Bonchev–Trinajstić information content (AvgIpc) is 2.78. The van der Waals surface area contributed by atoms with Crippen LogP contribution >= 0.6 is 0 Å². The van der Waals surface area contributed by atoms with E-state index in [-0.39, 0.29) is 21.1 Å². The summed E-state index contributed by atoms with van der Waals surface area (Å²) in [6.45, 7) is 0.0292. The fourth-order valence-electron chi connectivity index (χ4n) is 1.25. The van der Waals surface area contributed by atoms with Crippen LogP contribution in [0.25, 0.3) is 10.1 Å². The molecule has 0 atom stereocenters. The SMILES string of the molecule is COc1ccc(-c2nc(CO)c[se]2)cc1. The zero-order valence-electron chi connectivity index (χ0n) is 8.30. The number of ether oxygens (including phenoxy) is 1. The Morgan fingerprint density at radius 2 is 2.07 bits per heavy atom. The number of aromatic nitrogens is 1. The second kappa shape index (κ2) is 4.62. The number of hydrogen-bond donors (Lipinski definition) is 1. The summed E-state index contributed by atoms with van der Waals surface area (Å²) < 4.78 is 6.15. The van der Waals surface area contributed by atoms with Gasteiger partial charge in [-0.25, -0.2) is 0 Å². The van der Waals surface area contributed by atoms with Gasteiger partial charge < -0.3 is 0 Å². The average molecular weight is 268 g/mol. The van der Waals surface area contributed by atoms with E-state index in [1.54, 1.807) is 7.11 Å². The van der Waals surface area contributed by atoms with Crippen molar-refractivity contribution in [3.8, 4) is 15.9 Å². The molecule has 3 nitrogen and oxygen atoms in total. The van der Waals surface area contributed by atoms with Crippen molar-refractivity contribution in [2.75, 3.05) is 7.11 Å². The molecule has 0 spiro atoms. The van der Waals surface area contributed by atoms with Gasteiger partial charge in [0.05, 0.1) is 0 Å². The molecule has 2 rings (SSSR count). The second-order valence-electron chi connectivity index (χ2n) is 3.03. The Hall–Kier alpha value is -1.09.